The zero-order chi connectivity index (χ0) is 16.7. The third-order valence-corrected chi connectivity index (χ3v) is 7.11. The maximum atomic E-state index is 12.5. The molecule has 0 spiro atoms. The molecule has 0 aromatic rings. The van der Waals surface area contributed by atoms with Gasteiger partial charge in [-0.1, -0.05) is 0 Å². The zero-order valence-electron chi connectivity index (χ0n) is 13.8. The Kier molecular flexibility index (Phi) is 4.70. The first-order valence-electron chi connectivity index (χ1n) is 8.39. The van der Waals surface area contributed by atoms with Gasteiger partial charge in [-0.25, -0.2) is 8.42 Å². The van der Waals surface area contributed by atoms with Gasteiger partial charge in [-0.05, 0) is 19.9 Å². The number of carbonyl (C=O) groups excluding carboxylic acids is 1. The molecule has 2 atom stereocenters. The normalized spacial score (nSPS) is 35.7. The number of rotatable bonds is 3. The first-order valence-corrected chi connectivity index (χ1v) is 10.2. The summed E-state index contributed by atoms with van der Waals surface area (Å²) in [5, 5.41) is 10.8. The van der Waals surface area contributed by atoms with E-state index in [-0.39, 0.29) is 17.4 Å². The summed E-state index contributed by atoms with van der Waals surface area (Å²) in [7, 11) is -0.955. The molecule has 1 N–H and O–H groups in total. The van der Waals surface area contributed by atoms with Crippen molar-refractivity contribution in [1.82, 2.24) is 14.7 Å². The fourth-order valence-corrected chi connectivity index (χ4v) is 5.58. The van der Waals surface area contributed by atoms with Crippen molar-refractivity contribution >= 4 is 15.7 Å². The number of carbonyl (C=O) groups is 1. The Balaban J connectivity index is 1.54. The number of likely N-dealkylation sites (N-methyl/N-ethyl adjacent to an activating group) is 1. The van der Waals surface area contributed by atoms with Crippen molar-refractivity contribution in [3.05, 3.63) is 0 Å². The number of likely N-dealkylation sites (tertiary alicyclic amines) is 1. The number of amides is 1. The van der Waals surface area contributed by atoms with Gasteiger partial charge in [0.25, 0.3) is 0 Å². The molecule has 3 fully saturated rings. The summed E-state index contributed by atoms with van der Waals surface area (Å²) in [6, 6.07) is 0. The lowest BCUT2D eigenvalue weighted by molar-refractivity contribution is -0.134. The van der Waals surface area contributed by atoms with Crippen LogP contribution in [-0.4, -0.2) is 104 Å². The van der Waals surface area contributed by atoms with Gasteiger partial charge in [0.1, 0.15) is 0 Å². The SMILES string of the molecule is CN1CCN(CC2(O)CCN(C(=O)C3CCS(=O)(=O)C3)C2)CC1. The van der Waals surface area contributed by atoms with Gasteiger partial charge in [-0.15, -0.1) is 0 Å². The molecule has 0 saturated carbocycles. The van der Waals surface area contributed by atoms with E-state index < -0.39 is 21.4 Å². The van der Waals surface area contributed by atoms with Gasteiger partial charge < -0.3 is 14.9 Å². The van der Waals surface area contributed by atoms with Crippen molar-refractivity contribution in [1.29, 1.82) is 0 Å². The molecule has 3 rings (SSSR count). The lowest BCUT2D eigenvalue weighted by Crippen LogP contribution is -2.52. The van der Waals surface area contributed by atoms with Gasteiger partial charge in [-0.3, -0.25) is 9.69 Å². The summed E-state index contributed by atoms with van der Waals surface area (Å²) in [4.78, 5) is 18.7. The lowest BCUT2D eigenvalue weighted by Gasteiger charge is -2.36. The van der Waals surface area contributed by atoms with Crippen molar-refractivity contribution in [2.75, 3.05) is 64.4 Å². The molecule has 132 valence electrons. The average molecular weight is 345 g/mol. The van der Waals surface area contributed by atoms with Gasteiger partial charge in [-0.2, -0.15) is 0 Å². The Labute approximate surface area is 138 Å². The zero-order valence-corrected chi connectivity index (χ0v) is 14.6. The van der Waals surface area contributed by atoms with Crippen LogP contribution < -0.4 is 0 Å². The van der Waals surface area contributed by atoms with Crippen LogP contribution in [0.25, 0.3) is 0 Å². The smallest absolute Gasteiger partial charge is 0.226 e. The average Bonchev–Trinajstić information content (AvgIpc) is 3.04. The fourth-order valence-electron chi connectivity index (χ4n) is 3.84. The van der Waals surface area contributed by atoms with Gasteiger partial charge >= 0.3 is 0 Å². The Hall–Kier alpha value is -0.700. The topological polar surface area (TPSA) is 81.2 Å². The van der Waals surface area contributed by atoms with E-state index in [0.29, 0.717) is 32.5 Å². The number of β-amino-alcohol motifs (C(OH)–C–C–N with tert-alkyl or cyclic N) is 1. The number of hydrogen-bond donors (Lipinski definition) is 1. The number of hydrogen-bond acceptors (Lipinski definition) is 6. The first kappa shape index (κ1) is 17.1. The van der Waals surface area contributed by atoms with Crippen LogP contribution in [0, 0.1) is 5.92 Å². The van der Waals surface area contributed by atoms with Crippen molar-refractivity contribution in [3.8, 4) is 0 Å². The summed E-state index contributed by atoms with van der Waals surface area (Å²) in [6.45, 7) is 5.32. The highest BCUT2D eigenvalue weighted by Gasteiger charge is 2.43. The first-order chi connectivity index (χ1) is 10.8. The Bertz CT molecular complexity index is 559. The monoisotopic (exact) mass is 345 g/mol. The summed E-state index contributed by atoms with van der Waals surface area (Å²) < 4.78 is 23.1. The molecule has 0 radical (unpaired) electrons. The molecule has 2 unspecified atom stereocenters. The highest BCUT2D eigenvalue weighted by molar-refractivity contribution is 7.91. The van der Waals surface area contributed by atoms with Gasteiger partial charge in [0.2, 0.25) is 5.91 Å². The van der Waals surface area contributed by atoms with Crippen LogP contribution in [0.1, 0.15) is 12.8 Å². The van der Waals surface area contributed by atoms with Crippen LogP contribution in [0.5, 0.6) is 0 Å². The molecule has 3 aliphatic heterocycles. The minimum atomic E-state index is -3.05. The molecule has 0 aromatic heterocycles. The fraction of sp³-hybridized carbons (Fsp3) is 0.933. The van der Waals surface area contributed by atoms with Gasteiger partial charge in [0.05, 0.1) is 29.6 Å². The molecule has 23 heavy (non-hydrogen) atoms. The number of sulfone groups is 1. The van der Waals surface area contributed by atoms with Crippen LogP contribution in [0.4, 0.5) is 0 Å². The number of nitrogens with zero attached hydrogens (tertiary/aromatic N) is 3. The molecule has 0 bridgehead atoms. The summed E-state index contributed by atoms with van der Waals surface area (Å²) in [5.74, 6) is -0.423. The van der Waals surface area contributed by atoms with E-state index in [0.717, 1.165) is 26.2 Å². The highest BCUT2D eigenvalue weighted by Crippen LogP contribution is 2.27. The predicted molar refractivity (Wildman–Crippen MR) is 86.8 cm³/mol. The maximum absolute atomic E-state index is 12.5. The molecular weight excluding hydrogens is 318 g/mol. The Morgan fingerprint density at radius 1 is 1.22 bits per heavy atom. The molecule has 0 aliphatic carbocycles. The van der Waals surface area contributed by atoms with Crippen molar-refractivity contribution in [2.45, 2.75) is 18.4 Å². The van der Waals surface area contributed by atoms with E-state index in [2.05, 4.69) is 16.8 Å². The molecular formula is C15H27N3O4S. The van der Waals surface area contributed by atoms with E-state index in [4.69, 9.17) is 0 Å². The van der Waals surface area contributed by atoms with Gasteiger partial charge in [0.15, 0.2) is 9.84 Å². The predicted octanol–water partition coefficient (Wildman–Crippen LogP) is -1.37. The van der Waals surface area contributed by atoms with Crippen LogP contribution in [0.3, 0.4) is 0 Å². The van der Waals surface area contributed by atoms with E-state index in [1.807, 2.05) is 0 Å². The Morgan fingerprint density at radius 3 is 2.52 bits per heavy atom. The van der Waals surface area contributed by atoms with Gasteiger partial charge in [0, 0.05) is 39.3 Å². The second kappa shape index (κ2) is 6.31. The molecule has 3 saturated heterocycles. The summed E-state index contributed by atoms with van der Waals surface area (Å²) in [5.41, 5.74) is -0.858. The van der Waals surface area contributed by atoms with Crippen molar-refractivity contribution in [3.63, 3.8) is 0 Å². The van der Waals surface area contributed by atoms with E-state index in [1.54, 1.807) is 4.90 Å². The molecule has 0 aromatic carbocycles. The molecule has 7 nitrogen and oxygen atoms in total. The second-order valence-electron chi connectivity index (χ2n) is 7.41. The molecule has 3 aliphatic rings. The molecule has 8 heteroatoms. The maximum Gasteiger partial charge on any atom is 0.226 e. The van der Waals surface area contributed by atoms with Crippen molar-refractivity contribution < 1.29 is 18.3 Å². The minimum absolute atomic E-state index is 0.0285. The van der Waals surface area contributed by atoms with E-state index in [9.17, 15) is 18.3 Å². The third-order valence-electron chi connectivity index (χ3n) is 5.34. The minimum Gasteiger partial charge on any atom is -0.387 e. The van der Waals surface area contributed by atoms with Crippen LogP contribution in [0.15, 0.2) is 0 Å². The number of aliphatic hydroxyl groups is 1. The van der Waals surface area contributed by atoms with Crippen LogP contribution in [-0.2, 0) is 14.6 Å². The van der Waals surface area contributed by atoms with Crippen LogP contribution in [0.2, 0.25) is 0 Å². The second-order valence-corrected chi connectivity index (χ2v) is 9.64. The number of piperazine rings is 1. The van der Waals surface area contributed by atoms with E-state index >= 15 is 0 Å². The lowest BCUT2D eigenvalue weighted by atomic mass is 10.0. The standard InChI is InChI=1S/C15H27N3O4S/c1-16-5-7-17(8-6-16)11-15(20)3-4-18(12-15)14(19)13-2-9-23(21,22)10-13/h13,20H,2-12H2,1H3. The highest BCUT2D eigenvalue weighted by atomic mass is 32.2. The quantitative estimate of drug-likeness (QED) is 0.680. The summed E-state index contributed by atoms with van der Waals surface area (Å²) >= 11 is 0. The Morgan fingerprint density at radius 2 is 1.91 bits per heavy atom. The largest absolute Gasteiger partial charge is 0.387 e. The van der Waals surface area contributed by atoms with Crippen molar-refractivity contribution in [2.24, 2.45) is 5.92 Å². The molecule has 1 amide bonds. The third kappa shape index (κ3) is 4.04. The van der Waals surface area contributed by atoms with Crippen LogP contribution >= 0.6 is 0 Å². The molecule has 3 heterocycles. The summed E-state index contributed by atoms with van der Waals surface area (Å²) in [6.07, 6.45) is 0.999. The van der Waals surface area contributed by atoms with E-state index in [1.165, 1.54) is 0 Å².